The first-order valence-electron chi connectivity index (χ1n) is 14.4. The van der Waals surface area contributed by atoms with Gasteiger partial charge in [0.05, 0.1) is 11.7 Å². The van der Waals surface area contributed by atoms with Crippen molar-refractivity contribution in [1.29, 1.82) is 0 Å². The van der Waals surface area contributed by atoms with E-state index in [4.69, 9.17) is 4.74 Å². The third-order valence-electron chi connectivity index (χ3n) is 11.8. The molecule has 4 rings (SSSR count). The smallest absolute Gasteiger partial charge is 0.303 e. The molecule has 0 amide bonds. The lowest BCUT2D eigenvalue weighted by atomic mass is 9.45. The van der Waals surface area contributed by atoms with Crippen LogP contribution in [0.2, 0.25) is 0 Å². The summed E-state index contributed by atoms with van der Waals surface area (Å²) in [7, 11) is 0. The average molecular weight is 503 g/mol. The SMILES string of the molecule is CC(=O)O[C@@H](/C(C)=C1/[C@@H](O)C[C@H]2[C@@H]3CC[C@H]4CC(=O)CC[C@]4(C)[C@H]3CC[C@]12C)[C@@H](C)[C@H](C)C(C)(C)O. The number of aliphatic hydroxyl groups excluding tert-OH is 1. The number of ketones is 1. The molecule has 4 aliphatic rings. The zero-order valence-corrected chi connectivity index (χ0v) is 23.9. The van der Waals surface area contributed by atoms with E-state index >= 15 is 0 Å². The van der Waals surface area contributed by atoms with Crippen molar-refractivity contribution in [2.75, 3.05) is 0 Å². The van der Waals surface area contributed by atoms with E-state index in [1.165, 1.54) is 6.92 Å². The van der Waals surface area contributed by atoms with Gasteiger partial charge in [-0.15, -0.1) is 0 Å². The third kappa shape index (κ3) is 4.51. The Balaban J connectivity index is 1.68. The van der Waals surface area contributed by atoms with Crippen LogP contribution in [0.5, 0.6) is 0 Å². The van der Waals surface area contributed by atoms with Crippen molar-refractivity contribution in [2.45, 2.75) is 125 Å². The topological polar surface area (TPSA) is 83.8 Å². The fraction of sp³-hybridized carbons (Fsp3) is 0.871. The Morgan fingerprint density at radius 1 is 1.08 bits per heavy atom. The summed E-state index contributed by atoms with van der Waals surface area (Å²) in [5.74, 6) is 2.04. The normalized spacial score (nSPS) is 42.5. The van der Waals surface area contributed by atoms with Gasteiger partial charge in [0.2, 0.25) is 0 Å². The lowest BCUT2D eigenvalue weighted by molar-refractivity contribution is -0.149. The summed E-state index contributed by atoms with van der Waals surface area (Å²) in [5, 5.41) is 22.3. The predicted molar refractivity (Wildman–Crippen MR) is 141 cm³/mol. The van der Waals surface area contributed by atoms with Crippen LogP contribution in [0.25, 0.3) is 0 Å². The highest BCUT2D eigenvalue weighted by atomic mass is 16.5. The number of rotatable bonds is 5. The molecule has 4 saturated carbocycles. The monoisotopic (exact) mass is 502 g/mol. The van der Waals surface area contributed by atoms with Crippen molar-refractivity contribution < 1.29 is 24.5 Å². The van der Waals surface area contributed by atoms with Gasteiger partial charge in [0, 0.05) is 25.7 Å². The van der Waals surface area contributed by atoms with Gasteiger partial charge in [0.25, 0.3) is 0 Å². The molecule has 5 heteroatoms. The Morgan fingerprint density at radius 2 is 1.75 bits per heavy atom. The number of esters is 1. The van der Waals surface area contributed by atoms with Crippen LogP contribution < -0.4 is 0 Å². The third-order valence-corrected chi connectivity index (χ3v) is 11.8. The number of ether oxygens (including phenoxy) is 1. The molecule has 0 unspecified atom stereocenters. The molecule has 0 aromatic heterocycles. The average Bonchev–Trinajstić information content (AvgIpc) is 3.05. The number of carbonyl (C=O) groups is 2. The van der Waals surface area contributed by atoms with Crippen LogP contribution in [-0.2, 0) is 14.3 Å². The molecular weight excluding hydrogens is 452 g/mol. The molecule has 0 aromatic rings. The zero-order chi connectivity index (χ0) is 26.8. The Hall–Kier alpha value is -1.20. The highest BCUT2D eigenvalue weighted by Crippen LogP contribution is 2.67. The first-order valence-corrected chi connectivity index (χ1v) is 14.4. The molecule has 2 N–H and O–H groups in total. The standard InChI is InChI=1S/C31H50O5/c1-17(19(3)29(5,6)35)28(36-20(4)32)18(2)27-26(34)16-25-23-10-9-21-15-22(33)11-13-30(21,7)24(23)12-14-31(25,27)8/h17,19,21,23-26,28,34-35H,9-16H2,1-8H3/b27-18-/t17-,19-,21-,23+,24-,25-,26-,28+,30-,31-/m0/s1. The first-order chi connectivity index (χ1) is 16.6. The van der Waals surface area contributed by atoms with Crippen molar-refractivity contribution in [1.82, 2.24) is 0 Å². The minimum atomic E-state index is -0.906. The van der Waals surface area contributed by atoms with Gasteiger partial charge in [-0.2, -0.15) is 0 Å². The fourth-order valence-electron chi connectivity index (χ4n) is 9.41. The number of carbonyl (C=O) groups excluding carboxylic acids is 2. The minimum Gasteiger partial charge on any atom is -0.458 e. The zero-order valence-electron chi connectivity index (χ0n) is 23.9. The molecule has 0 aliphatic heterocycles. The highest BCUT2D eigenvalue weighted by molar-refractivity contribution is 5.79. The molecule has 5 nitrogen and oxygen atoms in total. The Kier molecular flexibility index (Phi) is 7.36. The van der Waals surface area contributed by atoms with Gasteiger partial charge in [0.15, 0.2) is 0 Å². The van der Waals surface area contributed by atoms with Crippen molar-refractivity contribution in [3.05, 3.63) is 11.1 Å². The molecule has 4 aliphatic carbocycles. The molecule has 36 heavy (non-hydrogen) atoms. The van der Waals surface area contributed by atoms with Crippen LogP contribution in [0.3, 0.4) is 0 Å². The maximum Gasteiger partial charge on any atom is 0.303 e. The van der Waals surface area contributed by atoms with E-state index in [9.17, 15) is 19.8 Å². The first kappa shape index (κ1) is 27.8. The van der Waals surface area contributed by atoms with Gasteiger partial charge in [-0.05, 0) is 111 Å². The summed E-state index contributed by atoms with van der Waals surface area (Å²) in [4.78, 5) is 24.4. The van der Waals surface area contributed by atoms with Crippen LogP contribution in [0, 0.1) is 46.3 Å². The minimum absolute atomic E-state index is 0.0956. The number of fused-ring (bicyclic) bond motifs is 5. The molecule has 0 bridgehead atoms. The molecule has 0 spiro atoms. The fourth-order valence-corrected chi connectivity index (χ4v) is 9.41. The molecule has 204 valence electrons. The molecule has 10 atom stereocenters. The Labute approximate surface area is 218 Å². The lowest BCUT2D eigenvalue weighted by Crippen LogP contribution is -2.53. The summed E-state index contributed by atoms with van der Waals surface area (Å²) in [6.45, 7) is 16.0. The number of Topliss-reactive ketones (excluding diaryl/α,β-unsaturated/α-hetero) is 1. The summed E-state index contributed by atoms with van der Waals surface area (Å²) in [6, 6.07) is 0. The van der Waals surface area contributed by atoms with E-state index in [-0.39, 0.29) is 28.6 Å². The summed E-state index contributed by atoms with van der Waals surface area (Å²) in [5.41, 5.74) is 1.28. The van der Waals surface area contributed by atoms with E-state index in [2.05, 4.69) is 13.8 Å². The van der Waals surface area contributed by atoms with E-state index in [1.807, 2.05) is 20.8 Å². The number of hydrogen-bond donors (Lipinski definition) is 2. The molecular formula is C31H50O5. The van der Waals surface area contributed by atoms with Crippen molar-refractivity contribution in [3.8, 4) is 0 Å². The van der Waals surface area contributed by atoms with Crippen LogP contribution >= 0.6 is 0 Å². The second-order valence-corrected chi connectivity index (χ2v) is 14.0. The van der Waals surface area contributed by atoms with Crippen LogP contribution in [0.15, 0.2) is 11.1 Å². The van der Waals surface area contributed by atoms with Gasteiger partial charge in [0.1, 0.15) is 11.9 Å². The summed E-state index contributed by atoms with van der Waals surface area (Å²) in [6.07, 6.45) is 6.72. The van der Waals surface area contributed by atoms with Crippen LogP contribution in [0.4, 0.5) is 0 Å². The van der Waals surface area contributed by atoms with E-state index < -0.39 is 17.8 Å². The second-order valence-electron chi connectivity index (χ2n) is 14.0. The van der Waals surface area contributed by atoms with Gasteiger partial charge >= 0.3 is 5.97 Å². The number of hydrogen-bond acceptors (Lipinski definition) is 5. The quantitative estimate of drug-likeness (QED) is 0.363. The summed E-state index contributed by atoms with van der Waals surface area (Å²) >= 11 is 0. The summed E-state index contributed by atoms with van der Waals surface area (Å²) < 4.78 is 5.93. The maximum absolute atomic E-state index is 12.2. The Morgan fingerprint density at radius 3 is 2.36 bits per heavy atom. The molecule has 0 saturated heterocycles. The molecule has 4 fully saturated rings. The van der Waals surface area contributed by atoms with Crippen molar-refractivity contribution >= 4 is 11.8 Å². The van der Waals surface area contributed by atoms with Gasteiger partial charge < -0.3 is 14.9 Å². The van der Waals surface area contributed by atoms with Crippen LogP contribution in [-0.4, -0.2) is 39.8 Å². The second kappa shape index (κ2) is 9.52. The van der Waals surface area contributed by atoms with E-state index in [0.29, 0.717) is 29.5 Å². The highest BCUT2D eigenvalue weighted by Gasteiger charge is 2.61. The molecule has 0 heterocycles. The number of aliphatic hydroxyl groups is 2. The Bertz CT molecular complexity index is 914. The van der Waals surface area contributed by atoms with Gasteiger partial charge in [-0.25, -0.2) is 0 Å². The van der Waals surface area contributed by atoms with E-state index in [0.717, 1.165) is 62.5 Å². The van der Waals surface area contributed by atoms with Crippen molar-refractivity contribution in [3.63, 3.8) is 0 Å². The van der Waals surface area contributed by atoms with Gasteiger partial charge in [-0.3, -0.25) is 9.59 Å². The van der Waals surface area contributed by atoms with E-state index in [1.54, 1.807) is 13.8 Å². The largest absolute Gasteiger partial charge is 0.458 e. The molecule has 0 radical (unpaired) electrons. The predicted octanol–water partition coefficient (Wildman–Crippen LogP) is 5.86. The molecule has 0 aromatic carbocycles. The lowest BCUT2D eigenvalue weighted by Gasteiger charge is -2.59. The van der Waals surface area contributed by atoms with Gasteiger partial charge in [-0.1, -0.05) is 27.7 Å². The maximum atomic E-state index is 12.2. The van der Waals surface area contributed by atoms with Crippen molar-refractivity contribution in [2.24, 2.45) is 46.3 Å². The van der Waals surface area contributed by atoms with Crippen LogP contribution in [0.1, 0.15) is 107 Å².